The first-order chi connectivity index (χ1) is 7.54. The van der Waals surface area contributed by atoms with Crippen LogP contribution in [0.25, 0.3) is 0 Å². The molecule has 0 bridgehead atoms. The van der Waals surface area contributed by atoms with E-state index in [2.05, 4.69) is 10.2 Å². The Morgan fingerprint density at radius 2 is 2.19 bits per heavy atom. The number of azo groups is 1. The van der Waals surface area contributed by atoms with Crippen LogP contribution in [0.15, 0.2) is 28.4 Å². The minimum absolute atomic E-state index is 0.0991. The predicted octanol–water partition coefficient (Wildman–Crippen LogP) is 2.97. The molecule has 2 N–H and O–H groups in total. The molecule has 0 spiro atoms. The van der Waals surface area contributed by atoms with Crippen LogP contribution in [0.2, 0.25) is 0 Å². The van der Waals surface area contributed by atoms with E-state index < -0.39 is 5.97 Å². The third-order valence-corrected chi connectivity index (χ3v) is 2.17. The van der Waals surface area contributed by atoms with Crippen LogP contribution in [0, 0.1) is 0 Å². The normalized spacial score (nSPS) is 12.9. The van der Waals surface area contributed by atoms with Crippen molar-refractivity contribution in [2.24, 2.45) is 10.2 Å². The van der Waals surface area contributed by atoms with Crippen molar-refractivity contribution in [3.8, 4) is 5.75 Å². The first-order valence-electron chi connectivity index (χ1n) is 5.01. The topological polar surface area (TPSA) is 82.2 Å². The lowest BCUT2D eigenvalue weighted by Crippen LogP contribution is -1.96. The Labute approximate surface area is 93.5 Å². The van der Waals surface area contributed by atoms with Gasteiger partial charge in [-0.25, -0.2) is 4.79 Å². The molecule has 86 valence electrons. The molecule has 0 heterocycles. The molecule has 1 atom stereocenters. The smallest absolute Gasteiger partial charge is 0.339 e. The van der Waals surface area contributed by atoms with Crippen molar-refractivity contribution in [1.82, 2.24) is 0 Å². The maximum atomic E-state index is 10.7. The quantitative estimate of drug-likeness (QED) is 0.768. The average Bonchev–Trinajstić information content (AvgIpc) is 2.27. The molecule has 0 aromatic heterocycles. The lowest BCUT2D eigenvalue weighted by atomic mass is 10.2. The molecule has 1 aromatic carbocycles. The molecule has 1 unspecified atom stereocenters. The van der Waals surface area contributed by atoms with Crippen molar-refractivity contribution in [3.63, 3.8) is 0 Å². The second kappa shape index (κ2) is 5.25. The summed E-state index contributed by atoms with van der Waals surface area (Å²) in [6.45, 7) is 3.91. The summed E-state index contributed by atoms with van der Waals surface area (Å²) in [5, 5.41) is 26.0. The first kappa shape index (κ1) is 12.2. The van der Waals surface area contributed by atoms with E-state index in [1.54, 1.807) is 0 Å². The van der Waals surface area contributed by atoms with E-state index in [0.717, 1.165) is 6.42 Å². The monoisotopic (exact) mass is 222 g/mol. The van der Waals surface area contributed by atoms with Gasteiger partial charge in [0.25, 0.3) is 0 Å². The summed E-state index contributed by atoms with van der Waals surface area (Å²) in [5.41, 5.74) is 0.260. The minimum Gasteiger partial charge on any atom is -0.507 e. The Kier molecular flexibility index (Phi) is 3.99. The SMILES string of the molecule is CCC(C)/N=N/c1ccc(O)c(C(=O)O)c1. The van der Waals surface area contributed by atoms with Gasteiger partial charge in [0.15, 0.2) is 0 Å². The average molecular weight is 222 g/mol. The summed E-state index contributed by atoms with van der Waals surface area (Å²) in [6.07, 6.45) is 0.868. The van der Waals surface area contributed by atoms with Crippen LogP contribution < -0.4 is 0 Å². The van der Waals surface area contributed by atoms with Gasteiger partial charge in [-0.3, -0.25) is 0 Å². The minimum atomic E-state index is -1.18. The summed E-state index contributed by atoms with van der Waals surface area (Å²) in [5.74, 6) is -1.45. The summed E-state index contributed by atoms with van der Waals surface area (Å²) in [4.78, 5) is 10.7. The molecule has 5 nitrogen and oxygen atoms in total. The predicted molar refractivity (Wildman–Crippen MR) is 59.3 cm³/mol. The van der Waals surface area contributed by atoms with Crippen LogP contribution in [-0.2, 0) is 0 Å². The number of rotatable bonds is 4. The zero-order valence-electron chi connectivity index (χ0n) is 9.21. The molecule has 0 aliphatic rings. The van der Waals surface area contributed by atoms with E-state index >= 15 is 0 Å². The molecule has 1 rings (SSSR count). The molecule has 0 aliphatic heterocycles. The van der Waals surface area contributed by atoms with Gasteiger partial charge in [-0.1, -0.05) is 6.92 Å². The van der Waals surface area contributed by atoms with Gasteiger partial charge in [0.2, 0.25) is 0 Å². The van der Waals surface area contributed by atoms with Crippen molar-refractivity contribution in [3.05, 3.63) is 23.8 Å². The van der Waals surface area contributed by atoms with Gasteiger partial charge in [0.1, 0.15) is 11.3 Å². The molecular weight excluding hydrogens is 208 g/mol. The van der Waals surface area contributed by atoms with Crippen LogP contribution in [0.3, 0.4) is 0 Å². The van der Waals surface area contributed by atoms with Crippen LogP contribution in [0.1, 0.15) is 30.6 Å². The Morgan fingerprint density at radius 1 is 1.50 bits per heavy atom. The number of carboxylic acids is 1. The van der Waals surface area contributed by atoms with Gasteiger partial charge < -0.3 is 10.2 Å². The summed E-state index contributed by atoms with van der Waals surface area (Å²) in [7, 11) is 0. The van der Waals surface area contributed by atoms with E-state index in [9.17, 15) is 9.90 Å². The van der Waals surface area contributed by atoms with Gasteiger partial charge in [0.05, 0.1) is 11.7 Å². The maximum absolute atomic E-state index is 10.7. The Hall–Kier alpha value is -1.91. The van der Waals surface area contributed by atoms with Crippen molar-refractivity contribution in [1.29, 1.82) is 0 Å². The lowest BCUT2D eigenvalue weighted by molar-refractivity contribution is 0.0694. The maximum Gasteiger partial charge on any atom is 0.339 e. The number of hydrogen-bond donors (Lipinski definition) is 2. The van der Waals surface area contributed by atoms with Crippen molar-refractivity contribution in [2.45, 2.75) is 26.3 Å². The van der Waals surface area contributed by atoms with Crippen molar-refractivity contribution < 1.29 is 15.0 Å². The van der Waals surface area contributed by atoms with E-state index in [1.165, 1.54) is 18.2 Å². The Balaban J connectivity index is 2.95. The highest BCUT2D eigenvalue weighted by molar-refractivity contribution is 5.91. The molecule has 5 heteroatoms. The van der Waals surface area contributed by atoms with Crippen LogP contribution >= 0.6 is 0 Å². The molecule has 0 amide bonds. The van der Waals surface area contributed by atoms with Gasteiger partial charge in [0, 0.05) is 0 Å². The highest BCUT2D eigenvalue weighted by Gasteiger charge is 2.09. The van der Waals surface area contributed by atoms with E-state index in [0.29, 0.717) is 5.69 Å². The number of nitrogens with zero attached hydrogens (tertiary/aromatic N) is 2. The number of phenols is 1. The first-order valence-corrected chi connectivity index (χ1v) is 5.01. The second-order valence-electron chi connectivity index (χ2n) is 3.48. The van der Waals surface area contributed by atoms with Crippen molar-refractivity contribution in [2.75, 3.05) is 0 Å². The Bertz CT molecular complexity index is 416. The molecule has 0 radical (unpaired) electrons. The molecule has 0 fully saturated rings. The lowest BCUT2D eigenvalue weighted by Gasteiger charge is -2.01. The zero-order chi connectivity index (χ0) is 12.1. The molecule has 16 heavy (non-hydrogen) atoms. The standard InChI is InChI=1S/C11H14N2O3/c1-3-7(2)12-13-8-4-5-10(14)9(6-8)11(15)16/h4-7,14H,3H2,1-2H3,(H,15,16)/b13-12+. The van der Waals surface area contributed by atoms with Crippen LogP contribution in [0.5, 0.6) is 5.75 Å². The van der Waals surface area contributed by atoms with Gasteiger partial charge >= 0.3 is 5.97 Å². The summed E-state index contributed by atoms with van der Waals surface area (Å²) in [6, 6.07) is 4.22. The number of benzene rings is 1. The van der Waals surface area contributed by atoms with Gasteiger partial charge in [-0.05, 0) is 31.5 Å². The van der Waals surface area contributed by atoms with Crippen LogP contribution in [0.4, 0.5) is 5.69 Å². The van der Waals surface area contributed by atoms with Gasteiger partial charge in [-0.15, -0.1) is 0 Å². The Morgan fingerprint density at radius 3 is 2.75 bits per heavy atom. The number of carbonyl (C=O) groups is 1. The van der Waals surface area contributed by atoms with Crippen molar-refractivity contribution >= 4 is 11.7 Å². The number of aromatic carboxylic acids is 1. The largest absolute Gasteiger partial charge is 0.507 e. The second-order valence-corrected chi connectivity index (χ2v) is 3.48. The third-order valence-electron chi connectivity index (χ3n) is 2.17. The van der Waals surface area contributed by atoms with Crippen LogP contribution in [-0.4, -0.2) is 22.2 Å². The zero-order valence-corrected chi connectivity index (χ0v) is 9.21. The number of carboxylic acid groups (broad SMARTS) is 1. The van der Waals surface area contributed by atoms with E-state index in [4.69, 9.17) is 5.11 Å². The molecular formula is C11H14N2O3. The summed E-state index contributed by atoms with van der Waals surface area (Å²) < 4.78 is 0. The highest BCUT2D eigenvalue weighted by atomic mass is 16.4. The van der Waals surface area contributed by atoms with E-state index in [-0.39, 0.29) is 17.4 Å². The molecule has 1 aromatic rings. The fourth-order valence-electron chi connectivity index (χ4n) is 1.00. The molecule has 0 saturated heterocycles. The number of aromatic hydroxyl groups is 1. The van der Waals surface area contributed by atoms with E-state index in [1.807, 2.05) is 13.8 Å². The third kappa shape index (κ3) is 3.05. The molecule has 0 saturated carbocycles. The molecule has 0 aliphatic carbocycles. The number of hydrogen-bond acceptors (Lipinski definition) is 4. The summed E-state index contributed by atoms with van der Waals surface area (Å²) >= 11 is 0. The van der Waals surface area contributed by atoms with Gasteiger partial charge in [-0.2, -0.15) is 10.2 Å². The highest BCUT2D eigenvalue weighted by Crippen LogP contribution is 2.23. The fraction of sp³-hybridized carbons (Fsp3) is 0.364. The fourth-order valence-corrected chi connectivity index (χ4v) is 1.00.